The molecule has 0 aliphatic carbocycles. The van der Waals surface area contributed by atoms with Gasteiger partial charge in [-0.05, 0) is 41.5 Å². The molecule has 0 spiro atoms. The average molecular weight is 487 g/mol. The Morgan fingerprint density at radius 3 is 2.38 bits per heavy atom. The van der Waals surface area contributed by atoms with Crippen molar-refractivity contribution in [3.8, 4) is 0 Å². The second-order valence-corrected chi connectivity index (χ2v) is 10.6. The summed E-state index contributed by atoms with van der Waals surface area (Å²) < 4.78 is 32.8. The van der Waals surface area contributed by atoms with E-state index in [1.807, 2.05) is 43.3 Å². The monoisotopic (exact) mass is 486 g/mol. The topological polar surface area (TPSA) is 99.3 Å². The third-order valence-corrected chi connectivity index (χ3v) is 8.10. The molecule has 2 amide bonds. The van der Waals surface area contributed by atoms with Crippen molar-refractivity contribution >= 4 is 33.2 Å². The summed E-state index contributed by atoms with van der Waals surface area (Å²) in [7, 11) is 0.252. The van der Waals surface area contributed by atoms with Crippen molar-refractivity contribution in [2.75, 3.05) is 50.2 Å². The van der Waals surface area contributed by atoms with Gasteiger partial charge >= 0.3 is 0 Å². The van der Waals surface area contributed by atoms with Crippen LogP contribution in [0.2, 0.25) is 0 Å². The zero-order valence-corrected chi connectivity index (χ0v) is 20.5. The molecule has 0 radical (unpaired) electrons. The fourth-order valence-electron chi connectivity index (χ4n) is 4.34. The van der Waals surface area contributed by atoms with E-state index in [4.69, 9.17) is 4.74 Å². The minimum atomic E-state index is -3.67. The van der Waals surface area contributed by atoms with Gasteiger partial charge in [-0.2, -0.15) is 4.31 Å². The maximum atomic E-state index is 13.1. The van der Waals surface area contributed by atoms with Crippen LogP contribution in [0, 0.1) is 0 Å². The number of carbonyl (C=O) groups excluding carboxylic acids is 2. The quantitative estimate of drug-likeness (QED) is 0.662. The molecule has 2 aromatic rings. The average Bonchev–Trinajstić information content (AvgIpc) is 3.22. The first-order valence-electron chi connectivity index (χ1n) is 11.2. The Morgan fingerprint density at radius 2 is 1.76 bits per heavy atom. The Bertz CT molecular complexity index is 1170. The second kappa shape index (κ2) is 9.73. The minimum Gasteiger partial charge on any atom is -0.379 e. The van der Waals surface area contributed by atoms with Crippen molar-refractivity contribution in [3.05, 3.63) is 53.6 Å². The summed E-state index contributed by atoms with van der Waals surface area (Å²) in [4.78, 5) is 29.1. The molecule has 4 rings (SSSR count). The number of hydrogen-bond donors (Lipinski definition) is 1. The van der Waals surface area contributed by atoms with Gasteiger partial charge in [0.05, 0.1) is 18.1 Å². The summed E-state index contributed by atoms with van der Waals surface area (Å²) in [5.41, 5.74) is 3.25. The van der Waals surface area contributed by atoms with E-state index in [0.29, 0.717) is 44.1 Å². The van der Waals surface area contributed by atoms with Gasteiger partial charge in [0, 0.05) is 58.4 Å². The number of rotatable bonds is 6. The van der Waals surface area contributed by atoms with Crippen LogP contribution < -0.4 is 15.1 Å². The summed E-state index contributed by atoms with van der Waals surface area (Å²) >= 11 is 0. The van der Waals surface area contributed by atoms with Crippen molar-refractivity contribution in [3.63, 3.8) is 0 Å². The first kappa shape index (κ1) is 24.2. The Balaban J connectivity index is 1.50. The highest BCUT2D eigenvalue weighted by atomic mass is 32.2. The summed E-state index contributed by atoms with van der Waals surface area (Å²) in [6.45, 7) is 3.08. The van der Waals surface area contributed by atoms with Gasteiger partial charge < -0.3 is 15.0 Å². The largest absolute Gasteiger partial charge is 0.379 e. The molecule has 0 bridgehead atoms. The van der Waals surface area contributed by atoms with Gasteiger partial charge in [0.1, 0.15) is 6.04 Å². The van der Waals surface area contributed by atoms with Gasteiger partial charge in [-0.1, -0.05) is 12.1 Å². The maximum absolute atomic E-state index is 13.1. The van der Waals surface area contributed by atoms with Crippen molar-refractivity contribution in [2.24, 2.45) is 0 Å². The van der Waals surface area contributed by atoms with Crippen LogP contribution in [0.3, 0.4) is 0 Å². The van der Waals surface area contributed by atoms with Crippen LogP contribution in [-0.2, 0) is 37.3 Å². The van der Waals surface area contributed by atoms with Gasteiger partial charge in [0.2, 0.25) is 21.8 Å². The molecule has 182 valence electrons. The Morgan fingerprint density at radius 1 is 1.09 bits per heavy atom. The number of anilines is 2. The highest BCUT2D eigenvalue weighted by molar-refractivity contribution is 7.89. The Kier molecular flexibility index (Phi) is 6.92. The molecular weight excluding hydrogens is 456 g/mol. The lowest BCUT2D eigenvalue weighted by Gasteiger charge is -2.26. The van der Waals surface area contributed by atoms with Crippen LogP contribution in [0.15, 0.2) is 47.4 Å². The third-order valence-electron chi connectivity index (χ3n) is 6.20. The van der Waals surface area contributed by atoms with Gasteiger partial charge in [-0.25, -0.2) is 8.42 Å². The molecule has 0 aromatic heterocycles. The fourth-order valence-corrected chi connectivity index (χ4v) is 5.80. The molecule has 1 atom stereocenters. The standard InChI is InChI=1S/C24H30N4O5S/c1-17(29)28-22-9-8-21(34(31,32)27-10-12-33-13-11-27)14-19(22)15-23(28)24(30)25-16-18-4-6-20(7-5-18)26(2)3/h4-9,14,23H,10-13,15-16H2,1-3H3,(H,25,30). The Labute approximate surface area is 200 Å². The number of benzene rings is 2. The van der Waals surface area contributed by atoms with Crippen LogP contribution >= 0.6 is 0 Å². The van der Waals surface area contributed by atoms with E-state index in [0.717, 1.165) is 11.3 Å². The molecule has 1 unspecified atom stereocenters. The van der Waals surface area contributed by atoms with E-state index in [-0.39, 0.29) is 23.1 Å². The number of carbonyl (C=O) groups is 2. The molecule has 2 aliphatic heterocycles. The molecule has 34 heavy (non-hydrogen) atoms. The van der Waals surface area contributed by atoms with Gasteiger partial charge in [-0.15, -0.1) is 0 Å². The third kappa shape index (κ3) is 4.79. The van der Waals surface area contributed by atoms with Crippen LogP contribution in [0.25, 0.3) is 0 Å². The molecule has 2 aliphatic rings. The zero-order valence-electron chi connectivity index (χ0n) is 19.7. The van der Waals surface area contributed by atoms with E-state index in [9.17, 15) is 18.0 Å². The SMILES string of the molecule is CC(=O)N1c2ccc(S(=O)(=O)N3CCOCC3)cc2CC1C(=O)NCc1ccc(N(C)C)cc1. The highest BCUT2D eigenvalue weighted by Crippen LogP contribution is 2.35. The summed E-state index contributed by atoms with van der Waals surface area (Å²) in [5, 5.41) is 2.92. The van der Waals surface area contributed by atoms with Crippen molar-refractivity contribution < 1.29 is 22.7 Å². The van der Waals surface area contributed by atoms with E-state index < -0.39 is 16.1 Å². The van der Waals surface area contributed by atoms with E-state index in [1.54, 1.807) is 12.1 Å². The number of nitrogens with zero attached hydrogens (tertiary/aromatic N) is 3. The van der Waals surface area contributed by atoms with Crippen molar-refractivity contribution in [2.45, 2.75) is 30.8 Å². The predicted molar refractivity (Wildman–Crippen MR) is 129 cm³/mol. The molecule has 2 heterocycles. The molecule has 2 aromatic carbocycles. The lowest BCUT2D eigenvalue weighted by atomic mass is 10.1. The van der Waals surface area contributed by atoms with E-state index in [2.05, 4.69) is 5.32 Å². The number of sulfonamides is 1. The number of nitrogens with one attached hydrogen (secondary N) is 1. The molecule has 10 heteroatoms. The van der Waals surface area contributed by atoms with E-state index >= 15 is 0 Å². The smallest absolute Gasteiger partial charge is 0.243 e. The number of morpholine rings is 1. The molecule has 1 saturated heterocycles. The molecule has 9 nitrogen and oxygen atoms in total. The first-order valence-corrected chi connectivity index (χ1v) is 12.7. The molecule has 0 saturated carbocycles. The summed E-state index contributed by atoms with van der Waals surface area (Å²) in [6.07, 6.45) is 0.257. The fraction of sp³-hybridized carbons (Fsp3) is 0.417. The Hall–Kier alpha value is -2.95. The number of ether oxygens (including phenoxy) is 1. The van der Waals surface area contributed by atoms with E-state index in [1.165, 1.54) is 22.2 Å². The molecular formula is C24H30N4O5S. The van der Waals surface area contributed by atoms with Gasteiger partial charge in [-0.3, -0.25) is 14.5 Å². The maximum Gasteiger partial charge on any atom is 0.243 e. The van der Waals surface area contributed by atoms with Crippen LogP contribution in [0.1, 0.15) is 18.1 Å². The summed E-state index contributed by atoms with van der Waals surface area (Å²) in [5.74, 6) is -0.543. The van der Waals surface area contributed by atoms with Crippen LogP contribution in [-0.4, -0.2) is 71.0 Å². The van der Waals surface area contributed by atoms with Crippen LogP contribution in [0.5, 0.6) is 0 Å². The lowest BCUT2D eigenvalue weighted by molar-refractivity contribution is -0.125. The van der Waals surface area contributed by atoms with Crippen LogP contribution in [0.4, 0.5) is 11.4 Å². The lowest BCUT2D eigenvalue weighted by Crippen LogP contribution is -2.47. The number of fused-ring (bicyclic) bond motifs is 1. The zero-order chi connectivity index (χ0) is 24.5. The normalized spacial score (nSPS) is 18.4. The number of hydrogen-bond acceptors (Lipinski definition) is 6. The predicted octanol–water partition coefficient (Wildman–Crippen LogP) is 1.37. The van der Waals surface area contributed by atoms with Gasteiger partial charge in [0.25, 0.3) is 0 Å². The second-order valence-electron chi connectivity index (χ2n) is 8.69. The highest BCUT2D eigenvalue weighted by Gasteiger charge is 2.38. The van der Waals surface area contributed by atoms with Crippen molar-refractivity contribution in [1.29, 1.82) is 0 Å². The number of amides is 2. The minimum absolute atomic E-state index is 0.165. The summed E-state index contributed by atoms with van der Waals surface area (Å²) in [6, 6.07) is 11.8. The molecule has 1 fully saturated rings. The van der Waals surface area contributed by atoms with Gasteiger partial charge in [0.15, 0.2) is 0 Å². The molecule has 1 N–H and O–H groups in total. The first-order chi connectivity index (χ1) is 16.2. The van der Waals surface area contributed by atoms with Crippen molar-refractivity contribution in [1.82, 2.24) is 9.62 Å².